The van der Waals surface area contributed by atoms with Crippen LogP contribution in [0.15, 0.2) is 24.3 Å². The first-order chi connectivity index (χ1) is 17.5. The predicted octanol–water partition coefficient (Wildman–Crippen LogP) is 4.00. The molecule has 2 aromatic rings. The molecule has 198 valence electrons. The van der Waals surface area contributed by atoms with Gasteiger partial charge in [0.2, 0.25) is 5.95 Å². The Hall–Kier alpha value is -2.71. The maximum absolute atomic E-state index is 12.4. The molecule has 0 radical (unpaired) electrons. The first-order valence-corrected chi connectivity index (χ1v) is 13.3. The number of carbonyl (C=O) groups excluding carboxylic acids is 1. The molecule has 1 aliphatic heterocycles. The van der Waals surface area contributed by atoms with Crippen molar-refractivity contribution in [1.29, 1.82) is 0 Å². The molecular weight excluding hydrogens is 454 g/mol. The number of carbonyl (C=O) groups is 1. The van der Waals surface area contributed by atoms with Crippen molar-refractivity contribution in [2.75, 3.05) is 57.6 Å². The van der Waals surface area contributed by atoms with Gasteiger partial charge in [-0.1, -0.05) is 44.0 Å². The Kier molecular flexibility index (Phi) is 11.4. The van der Waals surface area contributed by atoms with Crippen LogP contribution in [0.3, 0.4) is 0 Å². The van der Waals surface area contributed by atoms with E-state index in [0.29, 0.717) is 31.3 Å². The fourth-order valence-electron chi connectivity index (χ4n) is 4.56. The van der Waals surface area contributed by atoms with E-state index in [-0.39, 0.29) is 5.97 Å². The molecule has 3 N–H and O–H groups in total. The Labute approximate surface area is 216 Å². The van der Waals surface area contributed by atoms with E-state index in [0.717, 1.165) is 80.3 Å². The van der Waals surface area contributed by atoms with Gasteiger partial charge < -0.3 is 25.4 Å². The smallest absolute Gasteiger partial charge is 0.310 e. The zero-order valence-corrected chi connectivity index (χ0v) is 22.2. The minimum absolute atomic E-state index is 0.161. The van der Waals surface area contributed by atoms with Crippen molar-refractivity contribution in [2.24, 2.45) is 5.92 Å². The second-order valence-electron chi connectivity index (χ2n) is 9.76. The highest BCUT2D eigenvalue weighted by atomic mass is 16.5. The van der Waals surface area contributed by atoms with Crippen molar-refractivity contribution >= 4 is 17.7 Å². The third-order valence-corrected chi connectivity index (χ3v) is 6.86. The van der Waals surface area contributed by atoms with Gasteiger partial charge in [0.1, 0.15) is 5.82 Å². The molecule has 0 aliphatic carbocycles. The van der Waals surface area contributed by atoms with E-state index in [1.54, 1.807) is 7.11 Å². The molecule has 2 heterocycles. The number of aromatic nitrogens is 2. The molecule has 0 spiro atoms. The number of hydrogen-bond donors (Lipinski definition) is 2. The quantitative estimate of drug-likeness (QED) is 0.298. The molecule has 0 amide bonds. The molecule has 8 heteroatoms. The summed E-state index contributed by atoms with van der Waals surface area (Å²) in [6.07, 6.45) is 6.58. The monoisotopic (exact) mass is 497 g/mol. The largest absolute Gasteiger partial charge is 0.465 e. The number of unbranched alkanes of at least 4 members (excludes halogenated alkanes) is 2. The molecule has 1 aromatic carbocycles. The van der Waals surface area contributed by atoms with Crippen LogP contribution in [0.25, 0.3) is 0 Å². The Morgan fingerprint density at radius 1 is 1.14 bits per heavy atom. The maximum atomic E-state index is 12.4. The number of rotatable bonds is 14. The van der Waals surface area contributed by atoms with Gasteiger partial charge in [-0.05, 0) is 56.3 Å². The van der Waals surface area contributed by atoms with Crippen LogP contribution in [0, 0.1) is 12.8 Å². The van der Waals surface area contributed by atoms with Gasteiger partial charge in [0.15, 0.2) is 0 Å². The van der Waals surface area contributed by atoms with Crippen molar-refractivity contribution in [3.63, 3.8) is 0 Å². The first-order valence-electron chi connectivity index (χ1n) is 13.3. The number of nitrogen functional groups attached to an aromatic ring is 1. The van der Waals surface area contributed by atoms with E-state index in [4.69, 9.17) is 15.2 Å². The molecule has 1 aliphatic rings. The van der Waals surface area contributed by atoms with Gasteiger partial charge in [0.05, 0.1) is 19.6 Å². The van der Waals surface area contributed by atoms with Crippen LogP contribution in [-0.4, -0.2) is 67.3 Å². The molecule has 0 bridgehead atoms. The summed E-state index contributed by atoms with van der Waals surface area (Å²) in [5, 5.41) is 3.44. The topological polar surface area (TPSA) is 103 Å². The lowest BCUT2D eigenvalue weighted by atomic mass is 9.98. The molecule has 1 saturated heterocycles. The van der Waals surface area contributed by atoms with E-state index in [9.17, 15) is 4.79 Å². The summed E-state index contributed by atoms with van der Waals surface area (Å²) < 4.78 is 10.8. The lowest BCUT2D eigenvalue weighted by molar-refractivity contribution is -0.144. The van der Waals surface area contributed by atoms with Gasteiger partial charge in [-0.2, -0.15) is 4.98 Å². The molecular formula is C28H43N5O3. The van der Waals surface area contributed by atoms with Crippen LogP contribution in [0.2, 0.25) is 0 Å². The first kappa shape index (κ1) is 27.9. The average molecular weight is 498 g/mol. The van der Waals surface area contributed by atoms with Gasteiger partial charge in [-0.25, -0.2) is 4.98 Å². The van der Waals surface area contributed by atoms with E-state index in [2.05, 4.69) is 39.2 Å². The highest BCUT2D eigenvalue weighted by Gasteiger charge is 2.20. The summed E-state index contributed by atoms with van der Waals surface area (Å²) in [5.74, 6) is 1.39. The van der Waals surface area contributed by atoms with E-state index in [1.165, 1.54) is 12.8 Å². The van der Waals surface area contributed by atoms with Gasteiger partial charge in [-0.15, -0.1) is 0 Å². The van der Waals surface area contributed by atoms with Gasteiger partial charge in [0, 0.05) is 37.9 Å². The number of piperidine rings is 1. The van der Waals surface area contributed by atoms with Crippen LogP contribution < -0.4 is 11.1 Å². The number of benzene rings is 1. The number of esters is 1. The number of nitrogens with one attached hydrogen (secondary N) is 1. The summed E-state index contributed by atoms with van der Waals surface area (Å²) >= 11 is 0. The lowest BCUT2D eigenvalue weighted by Gasteiger charge is -2.31. The predicted molar refractivity (Wildman–Crippen MR) is 144 cm³/mol. The van der Waals surface area contributed by atoms with Crippen LogP contribution >= 0.6 is 0 Å². The number of anilines is 2. The van der Waals surface area contributed by atoms with E-state index in [1.807, 2.05) is 19.1 Å². The van der Waals surface area contributed by atoms with Crippen molar-refractivity contribution in [3.8, 4) is 0 Å². The molecule has 1 fully saturated rings. The SMILES string of the molecule is CCCCCNc1nc(N)nc(C)c1Cc1ccc(CC(=O)OCC2CCN(CCOC)CC2)cc1. The van der Waals surface area contributed by atoms with Crippen molar-refractivity contribution in [2.45, 2.75) is 58.8 Å². The number of nitrogens with two attached hydrogens (primary N) is 1. The fourth-order valence-corrected chi connectivity index (χ4v) is 4.56. The van der Waals surface area contributed by atoms with Crippen LogP contribution in [0.4, 0.5) is 11.8 Å². The number of aryl methyl sites for hydroxylation is 1. The zero-order valence-electron chi connectivity index (χ0n) is 22.2. The standard InChI is InChI=1S/C28H43N5O3/c1-4-5-6-13-30-27-25(21(2)31-28(29)32-27)18-22-7-9-23(10-8-22)19-26(34)36-20-24-11-14-33(15-12-24)16-17-35-3/h7-10,24H,4-6,11-20H2,1-3H3,(H3,29,30,31,32). The number of methoxy groups -OCH3 is 1. The second-order valence-corrected chi connectivity index (χ2v) is 9.76. The Morgan fingerprint density at radius 3 is 2.56 bits per heavy atom. The maximum Gasteiger partial charge on any atom is 0.310 e. The third kappa shape index (κ3) is 9.06. The van der Waals surface area contributed by atoms with Gasteiger partial charge >= 0.3 is 5.97 Å². The highest BCUT2D eigenvalue weighted by molar-refractivity contribution is 5.72. The fraction of sp³-hybridized carbons (Fsp3) is 0.607. The summed E-state index contributed by atoms with van der Waals surface area (Å²) in [6.45, 7) is 9.37. The summed E-state index contributed by atoms with van der Waals surface area (Å²) in [5.41, 5.74) is 9.94. The Bertz CT molecular complexity index is 943. The molecule has 1 aromatic heterocycles. The summed E-state index contributed by atoms with van der Waals surface area (Å²) in [4.78, 5) is 23.6. The Balaban J connectivity index is 1.47. The van der Waals surface area contributed by atoms with E-state index >= 15 is 0 Å². The third-order valence-electron chi connectivity index (χ3n) is 6.86. The lowest BCUT2D eigenvalue weighted by Crippen LogP contribution is -2.37. The molecule has 3 rings (SSSR count). The van der Waals surface area contributed by atoms with Crippen LogP contribution in [0.5, 0.6) is 0 Å². The molecule has 36 heavy (non-hydrogen) atoms. The number of ether oxygens (including phenoxy) is 2. The zero-order chi connectivity index (χ0) is 25.8. The average Bonchev–Trinajstić information content (AvgIpc) is 2.87. The number of likely N-dealkylation sites (tertiary alicyclic amines) is 1. The molecule has 8 nitrogen and oxygen atoms in total. The van der Waals surface area contributed by atoms with Gasteiger partial charge in [0.25, 0.3) is 0 Å². The van der Waals surface area contributed by atoms with Crippen molar-refractivity contribution in [1.82, 2.24) is 14.9 Å². The van der Waals surface area contributed by atoms with Crippen LogP contribution in [-0.2, 0) is 27.1 Å². The molecule has 0 atom stereocenters. The normalized spacial score (nSPS) is 14.6. The summed E-state index contributed by atoms with van der Waals surface area (Å²) in [7, 11) is 1.74. The number of hydrogen-bond acceptors (Lipinski definition) is 8. The minimum Gasteiger partial charge on any atom is -0.465 e. The van der Waals surface area contributed by atoms with Crippen molar-refractivity contribution in [3.05, 3.63) is 46.6 Å². The van der Waals surface area contributed by atoms with Crippen molar-refractivity contribution < 1.29 is 14.3 Å². The second kappa shape index (κ2) is 14.8. The summed E-state index contributed by atoms with van der Waals surface area (Å²) in [6, 6.07) is 8.14. The van der Waals surface area contributed by atoms with E-state index < -0.39 is 0 Å². The highest BCUT2D eigenvalue weighted by Crippen LogP contribution is 2.22. The Morgan fingerprint density at radius 2 is 1.86 bits per heavy atom. The van der Waals surface area contributed by atoms with Crippen LogP contribution in [0.1, 0.15) is 61.4 Å². The minimum atomic E-state index is -0.161. The molecule has 0 saturated carbocycles. The van der Waals surface area contributed by atoms with Gasteiger partial charge in [-0.3, -0.25) is 4.79 Å². The number of nitrogens with zero attached hydrogens (tertiary/aromatic N) is 3. The molecule has 0 unspecified atom stereocenters.